The first-order valence-corrected chi connectivity index (χ1v) is 15.4. The highest BCUT2D eigenvalue weighted by Crippen LogP contribution is 2.39. The van der Waals surface area contributed by atoms with Crippen molar-refractivity contribution in [2.75, 3.05) is 13.2 Å². The van der Waals surface area contributed by atoms with Crippen LogP contribution in [-0.2, 0) is 11.5 Å². The van der Waals surface area contributed by atoms with Crippen LogP contribution >= 0.6 is 0 Å². The van der Waals surface area contributed by atoms with Crippen molar-refractivity contribution in [3.8, 4) is 17.0 Å². The summed E-state index contributed by atoms with van der Waals surface area (Å²) in [5.41, 5.74) is 3.11. The summed E-state index contributed by atoms with van der Waals surface area (Å²) >= 11 is 0. The molecule has 0 amide bonds. The summed E-state index contributed by atoms with van der Waals surface area (Å²) in [5.74, 6) is -0.523. The van der Waals surface area contributed by atoms with Gasteiger partial charge in [-0.25, -0.2) is 19.2 Å². The molecule has 0 atom stereocenters. The Labute approximate surface area is 199 Å². The number of fused-ring (bicyclic) bond motifs is 1. The van der Waals surface area contributed by atoms with E-state index >= 15 is 0 Å². The fourth-order valence-electron chi connectivity index (χ4n) is 3.90. The minimum absolute atomic E-state index is 0.117. The number of hydrogen-bond acceptors (Lipinski definition) is 5. The molecule has 0 aliphatic heterocycles. The molecule has 1 fully saturated rings. The van der Waals surface area contributed by atoms with Crippen LogP contribution in [0.3, 0.4) is 0 Å². The Kier molecular flexibility index (Phi) is 6.77. The lowest BCUT2D eigenvalue weighted by Crippen LogP contribution is -2.22. The molecule has 0 radical (unpaired) electrons. The van der Waals surface area contributed by atoms with E-state index in [2.05, 4.69) is 29.6 Å². The van der Waals surface area contributed by atoms with Gasteiger partial charge in [0.2, 0.25) is 0 Å². The van der Waals surface area contributed by atoms with Crippen molar-refractivity contribution >= 4 is 25.1 Å². The molecule has 9 heteroatoms. The molecule has 0 unspecified atom stereocenters. The SMILES string of the molecule is Cc1cc(-c2ncnc3c(C(=O)O)c(C)n(COCC[Si](C)(C)C)c23)c(OCC2CC2)cc1F. The third-order valence-electron chi connectivity index (χ3n) is 6.21. The maximum absolute atomic E-state index is 14.5. The first kappa shape index (κ1) is 24.3. The van der Waals surface area contributed by atoms with Gasteiger partial charge < -0.3 is 19.1 Å². The van der Waals surface area contributed by atoms with Gasteiger partial charge >= 0.3 is 5.97 Å². The van der Waals surface area contributed by atoms with Gasteiger partial charge in [-0.15, -0.1) is 0 Å². The summed E-state index contributed by atoms with van der Waals surface area (Å²) in [6.45, 7) is 11.6. The van der Waals surface area contributed by atoms with Gasteiger partial charge in [-0.3, -0.25) is 0 Å². The number of nitrogens with zero attached hydrogens (tertiary/aromatic N) is 3. The Balaban J connectivity index is 1.83. The van der Waals surface area contributed by atoms with Crippen molar-refractivity contribution in [2.45, 2.75) is 59.1 Å². The van der Waals surface area contributed by atoms with Gasteiger partial charge in [-0.1, -0.05) is 19.6 Å². The lowest BCUT2D eigenvalue weighted by molar-refractivity contribution is 0.0694. The number of hydrogen-bond donors (Lipinski definition) is 1. The van der Waals surface area contributed by atoms with E-state index in [0.717, 1.165) is 18.9 Å². The largest absolute Gasteiger partial charge is 0.492 e. The number of carboxylic acids is 1. The Bertz CT molecular complexity index is 1230. The van der Waals surface area contributed by atoms with Crippen LogP contribution < -0.4 is 4.74 Å². The minimum Gasteiger partial charge on any atom is -0.492 e. The highest BCUT2D eigenvalue weighted by molar-refractivity contribution is 6.76. The van der Waals surface area contributed by atoms with Crippen LogP contribution in [0.15, 0.2) is 18.5 Å². The fraction of sp³-hybridized carbons (Fsp3) is 0.480. The van der Waals surface area contributed by atoms with E-state index in [9.17, 15) is 14.3 Å². The van der Waals surface area contributed by atoms with E-state index in [-0.39, 0.29) is 18.1 Å². The number of aromatic carboxylic acids is 1. The molecule has 182 valence electrons. The zero-order chi connectivity index (χ0) is 24.6. The standard InChI is InChI=1S/C25H32FN3O4Si/c1-15-10-18(20(11-19(15)26)33-12-17-6-7-17)22-24-23(28-13-27-22)21(25(30)31)16(2)29(24)14-32-8-9-34(3,4)5/h10-11,13,17H,6-9,12,14H2,1-5H3,(H,30,31). The molecular weight excluding hydrogens is 453 g/mol. The average molecular weight is 486 g/mol. The van der Waals surface area contributed by atoms with E-state index in [4.69, 9.17) is 9.47 Å². The Morgan fingerprint density at radius 2 is 1.97 bits per heavy atom. The molecule has 2 aromatic heterocycles. The number of aryl methyl sites for hydroxylation is 1. The van der Waals surface area contributed by atoms with Crippen molar-refractivity contribution in [2.24, 2.45) is 5.92 Å². The number of carboxylic acid groups (broad SMARTS) is 1. The first-order chi connectivity index (χ1) is 16.1. The topological polar surface area (TPSA) is 86.5 Å². The summed E-state index contributed by atoms with van der Waals surface area (Å²) in [6, 6.07) is 4.10. The Morgan fingerprint density at radius 3 is 2.62 bits per heavy atom. The normalized spacial score (nSPS) is 14.1. The maximum Gasteiger partial charge on any atom is 0.339 e. The molecule has 1 aromatic carbocycles. The lowest BCUT2D eigenvalue weighted by Gasteiger charge is -2.17. The summed E-state index contributed by atoms with van der Waals surface area (Å²) in [4.78, 5) is 21.0. The van der Waals surface area contributed by atoms with Gasteiger partial charge in [0.25, 0.3) is 0 Å². The number of carbonyl (C=O) groups is 1. The molecule has 0 spiro atoms. The third-order valence-corrected chi connectivity index (χ3v) is 7.92. The fourth-order valence-corrected chi connectivity index (χ4v) is 4.66. The van der Waals surface area contributed by atoms with Crippen LogP contribution in [0.2, 0.25) is 25.7 Å². The predicted octanol–water partition coefficient (Wildman–Crippen LogP) is 5.65. The molecule has 1 saturated carbocycles. The van der Waals surface area contributed by atoms with Gasteiger partial charge in [0, 0.05) is 32.0 Å². The summed E-state index contributed by atoms with van der Waals surface area (Å²) in [5, 5.41) is 9.92. The molecule has 34 heavy (non-hydrogen) atoms. The van der Waals surface area contributed by atoms with Crippen molar-refractivity contribution in [3.63, 3.8) is 0 Å². The highest BCUT2D eigenvalue weighted by Gasteiger charge is 2.27. The van der Waals surface area contributed by atoms with Gasteiger partial charge in [0.05, 0.1) is 12.1 Å². The molecule has 3 aromatic rings. The minimum atomic E-state index is -1.28. The molecule has 7 nitrogen and oxygen atoms in total. The molecule has 1 aliphatic carbocycles. The summed E-state index contributed by atoms with van der Waals surface area (Å²) in [6.07, 6.45) is 3.57. The van der Waals surface area contributed by atoms with E-state index < -0.39 is 14.0 Å². The van der Waals surface area contributed by atoms with Crippen LogP contribution in [0, 0.1) is 25.6 Å². The van der Waals surface area contributed by atoms with E-state index in [1.54, 1.807) is 19.9 Å². The smallest absolute Gasteiger partial charge is 0.339 e. The van der Waals surface area contributed by atoms with Crippen molar-refractivity contribution in [1.29, 1.82) is 0 Å². The molecule has 2 heterocycles. The van der Waals surface area contributed by atoms with Crippen LogP contribution in [0.4, 0.5) is 4.39 Å². The van der Waals surface area contributed by atoms with Gasteiger partial charge in [-0.05, 0) is 50.3 Å². The van der Waals surface area contributed by atoms with Gasteiger partial charge in [-0.2, -0.15) is 0 Å². The quantitative estimate of drug-likeness (QED) is 0.295. The second-order valence-electron chi connectivity index (χ2n) is 10.3. The molecule has 0 bridgehead atoms. The maximum atomic E-state index is 14.5. The third kappa shape index (κ3) is 5.15. The number of benzene rings is 1. The summed E-state index contributed by atoms with van der Waals surface area (Å²) in [7, 11) is -1.28. The van der Waals surface area contributed by atoms with Crippen LogP contribution in [0.25, 0.3) is 22.3 Å². The Morgan fingerprint density at radius 1 is 1.24 bits per heavy atom. The highest BCUT2D eigenvalue weighted by atomic mass is 28.3. The second kappa shape index (κ2) is 9.46. The van der Waals surface area contributed by atoms with Gasteiger partial charge in [0.1, 0.15) is 41.4 Å². The molecule has 4 rings (SSSR count). The van der Waals surface area contributed by atoms with Crippen LogP contribution in [0.1, 0.15) is 34.5 Å². The molecule has 1 N–H and O–H groups in total. The van der Waals surface area contributed by atoms with Crippen molar-refractivity contribution < 1.29 is 23.8 Å². The molecule has 0 saturated heterocycles. The van der Waals surface area contributed by atoms with Crippen LogP contribution in [-0.4, -0.2) is 46.9 Å². The predicted molar refractivity (Wildman–Crippen MR) is 132 cm³/mol. The number of aromatic nitrogens is 3. The number of ether oxygens (including phenoxy) is 2. The zero-order valence-electron chi connectivity index (χ0n) is 20.4. The van der Waals surface area contributed by atoms with Crippen molar-refractivity contribution in [3.05, 3.63) is 41.1 Å². The lowest BCUT2D eigenvalue weighted by atomic mass is 10.0. The number of rotatable bonds is 10. The summed E-state index contributed by atoms with van der Waals surface area (Å²) < 4.78 is 28.3. The van der Waals surface area contributed by atoms with Gasteiger partial charge in [0.15, 0.2) is 0 Å². The average Bonchev–Trinajstić information content (AvgIpc) is 3.53. The second-order valence-corrected chi connectivity index (χ2v) is 15.9. The molecular formula is C25H32FN3O4Si. The van der Waals surface area contributed by atoms with E-state index in [0.29, 0.717) is 58.4 Å². The monoisotopic (exact) mass is 485 g/mol. The Hall–Kier alpha value is -2.78. The van der Waals surface area contributed by atoms with Crippen LogP contribution in [0.5, 0.6) is 5.75 Å². The zero-order valence-corrected chi connectivity index (χ0v) is 21.4. The van der Waals surface area contributed by atoms with E-state index in [1.807, 2.05) is 4.57 Å². The first-order valence-electron chi connectivity index (χ1n) is 11.6. The molecule has 1 aliphatic rings. The van der Waals surface area contributed by atoms with E-state index in [1.165, 1.54) is 12.4 Å². The van der Waals surface area contributed by atoms with Crippen molar-refractivity contribution in [1.82, 2.24) is 14.5 Å². The number of halogens is 1.